The van der Waals surface area contributed by atoms with Crippen LogP contribution in [0.3, 0.4) is 0 Å². The van der Waals surface area contributed by atoms with Crippen LogP contribution in [-0.2, 0) is 0 Å². The van der Waals surface area contributed by atoms with Gasteiger partial charge in [0.05, 0.1) is 0 Å². The third-order valence-corrected chi connectivity index (χ3v) is 0.763. The van der Waals surface area contributed by atoms with Crippen LogP contribution in [0.4, 0.5) is 0 Å². The molecule has 0 saturated heterocycles. The highest BCUT2D eigenvalue weighted by molar-refractivity contribution is 7.80. The third-order valence-electron chi connectivity index (χ3n) is 0.447. The molecule has 0 radical (unpaired) electrons. The van der Waals surface area contributed by atoms with Crippen LogP contribution in [0, 0.1) is 0 Å². The second-order valence-electron chi connectivity index (χ2n) is 1.21. The molecule has 0 unspecified atom stereocenters. The van der Waals surface area contributed by atoms with Crippen molar-refractivity contribution in [2.45, 2.75) is 13.3 Å². The zero-order chi connectivity index (χ0) is 6.83. The molecule has 0 amide bonds. The average Bonchev–Trinajstić information content (AvgIpc) is 1.88. The summed E-state index contributed by atoms with van der Waals surface area (Å²) >= 11 is 3.81. The van der Waals surface area contributed by atoms with Crippen LogP contribution in [-0.4, -0.2) is 12.9 Å². The van der Waals surface area contributed by atoms with Crippen LogP contribution in [0.5, 0.6) is 0 Å². The minimum Gasteiger partial charge on any atom is -0.311 e. The van der Waals surface area contributed by atoms with E-state index in [4.69, 9.17) is 0 Å². The smallest absolute Gasteiger partial charge is 0.0384 e. The molecule has 0 aliphatic heterocycles. The fraction of sp³-hybridized carbons (Fsp3) is 0.667. The molecule has 2 heteroatoms. The van der Waals surface area contributed by atoms with E-state index in [1.807, 2.05) is 13.1 Å². The fourth-order valence-electron chi connectivity index (χ4n) is 0. The van der Waals surface area contributed by atoms with E-state index in [-0.39, 0.29) is 0 Å². The van der Waals surface area contributed by atoms with E-state index in [9.17, 15) is 0 Å². The first-order chi connectivity index (χ1) is 3.83. The summed E-state index contributed by atoms with van der Waals surface area (Å²) in [4.78, 5) is 0. The van der Waals surface area contributed by atoms with E-state index in [1.165, 1.54) is 0 Å². The summed E-state index contributed by atoms with van der Waals surface area (Å²) in [6, 6.07) is 0. The molecule has 0 aromatic heterocycles. The predicted molar refractivity (Wildman–Crippen MR) is 43.4 cm³/mol. The molecule has 0 aromatic carbocycles. The van der Waals surface area contributed by atoms with Crippen LogP contribution < -0.4 is 5.32 Å². The normalized spacial score (nSPS) is 6.88. The largest absolute Gasteiger partial charge is 0.311 e. The molecule has 0 heterocycles. The summed E-state index contributed by atoms with van der Waals surface area (Å²) in [5.41, 5.74) is 0. The minimum atomic E-state index is 0.764. The highest BCUT2D eigenvalue weighted by Gasteiger charge is 1.50. The van der Waals surface area contributed by atoms with E-state index in [1.54, 1.807) is 0 Å². The van der Waals surface area contributed by atoms with Crippen molar-refractivity contribution in [3.05, 3.63) is 12.7 Å². The molecule has 0 aliphatic rings. The molecule has 0 bridgehead atoms. The highest BCUT2D eigenvalue weighted by atomic mass is 32.1. The molecule has 1 N–H and O–H groups in total. The zero-order valence-electron chi connectivity index (χ0n) is 5.65. The lowest BCUT2D eigenvalue weighted by atomic mass is 10.5. The van der Waals surface area contributed by atoms with Crippen LogP contribution in [0.25, 0.3) is 0 Å². The molecule has 0 atom stereocenters. The summed E-state index contributed by atoms with van der Waals surface area (Å²) < 4.78 is 0. The van der Waals surface area contributed by atoms with E-state index < -0.39 is 0 Å². The molecule has 0 spiro atoms. The van der Waals surface area contributed by atoms with Crippen molar-refractivity contribution >= 4 is 12.6 Å². The number of hydrogen-bond donors (Lipinski definition) is 2. The SMILES string of the molecule is C=CCC.CNCS. The van der Waals surface area contributed by atoms with Crippen LogP contribution >= 0.6 is 12.6 Å². The van der Waals surface area contributed by atoms with Crippen molar-refractivity contribution in [2.24, 2.45) is 0 Å². The number of allylic oxidation sites excluding steroid dienone is 1. The zero-order valence-corrected chi connectivity index (χ0v) is 6.54. The van der Waals surface area contributed by atoms with Gasteiger partial charge in [-0.3, -0.25) is 0 Å². The number of rotatable bonds is 2. The Hall–Kier alpha value is 0.0500. The van der Waals surface area contributed by atoms with Gasteiger partial charge in [0.1, 0.15) is 0 Å². The van der Waals surface area contributed by atoms with Crippen LogP contribution in [0.15, 0.2) is 12.7 Å². The Morgan fingerprint density at radius 1 is 1.75 bits per heavy atom. The summed E-state index contributed by atoms with van der Waals surface area (Å²) in [5, 5.41) is 2.79. The minimum absolute atomic E-state index is 0.764. The quantitative estimate of drug-likeness (QED) is 0.332. The van der Waals surface area contributed by atoms with Crippen LogP contribution in [0.1, 0.15) is 13.3 Å². The molecule has 0 aromatic rings. The molecule has 1 nitrogen and oxygen atoms in total. The van der Waals surface area contributed by atoms with E-state index in [0.717, 1.165) is 12.3 Å². The lowest BCUT2D eigenvalue weighted by Crippen LogP contribution is -1.98. The summed E-state index contributed by atoms with van der Waals surface area (Å²) in [6.45, 7) is 5.54. The van der Waals surface area contributed by atoms with E-state index in [2.05, 4.69) is 31.4 Å². The Morgan fingerprint density at radius 2 is 2.00 bits per heavy atom. The Balaban J connectivity index is 0. The van der Waals surface area contributed by atoms with Gasteiger partial charge < -0.3 is 5.32 Å². The lowest BCUT2D eigenvalue weighted by molar-refractivity contribution is 0.988. The van der Waals surface area contributed by atoms with Gasteiger partial charge in [-0.05, 0) is 13.5 Å². The highest BCUT2D eigenvalue weighted by Crippen LogP contribution is 1.66. The fourth-order valence-corrected chi connectivity index (χ4v) is 0. The van der Waals surface area contributed by atoms with Crippen molar-refractivity contribution in [3.63, 3.8) is 0 Å². The molecule has 0 rings (SSSR count). The molecule has 0 aliphatic carbocycles. The van der Waals surface area contributed by atoms with E-state index in [0.29, 0.717) is 0 Å². The Bertz CT molecular complexity index is 35.5. The predicted octanol–water partition coefficient (Wildman–Crippen LogP) is 1.68. The van der Waals surface area contributed by atoms with Crippen molar-refractivity contribution in [2.75, 3.05) is 12.9 Å². The van der Waals surface area contributed by atoms with Gasteiger partial charge in [0, 0.05) is 5.88 Å². The third kappa shape index (κ3) is 36.7. The standard InChI is InChI=1S/C4H8.C2H7NS/c1-3-4-2;1-3-2-4/h3H,1,4H2,2H3;3-4H,2H2,1H3. The average molecular weight is 133 g/mol. The molecule has 50 valence electrons. The van der Waals surface area contributed by atoms with E-state index >= 15 is 0 Å². The van der Waals surface area contributed by atoms with Gasteiger partial charge >= 0.3 is 0 Å². The molecular formula is C6H15NS. The van der Waals surface area contributed by atoms with Crippen LogP contribution in [0.2, 0.25) is 0 Å². The monoisotopic (exact) mass is 133 g/mol. The maximum atomic E-state index is 3.81. The van der Waals surface area contributed by atoms with Gasteiger partial charge in [0.25, 0.3) is 0 Å². The first-order valence-corrected chi connectivity index (χ1v) is 3.33. The molecular weight excluding hydrogens is 118 g/mol. The van der Waals surface area contributed by atoms with Gasteiger partial charge in [-0.1, -0.05) is 13.0 Å². The maximum Gasteiger partial charge on any atom is 0.0384 e. The van der Waals surface area contributed by atoms with Crippen molar-refractivity contribution in [3.8, 4) is 0 Å². The molecule has 0 fully saturated rings. The molecule has 8 heavy (non-hydrogen) atoms. The first kappa shape index (κ1) is 10.9. The van der Waals surface area contributed by atoms with Gasteiger partial charge in [-0.25, -0.2) is 0 Å². The van der Waals surface area contributed by atoms with Crippen molar-refractivity contribution in [1.29, 1.82) is 0 Å². The summed E-state index contributed by atoms with van der Waals surface area (Å²) in [6.07, 6.45) is 2.96. The van der Waals surface area contributed by atoms with Gasteiger partial charge in [0.2, 0.25) is 0 Å². The topological polar surface area (TPSA) is 12.0 Å². The second-order valence-corrected chi connectivity index (χ2v) is 1.52. The maximum absolute atomic E-state index is 3.81. The lowest BCUT2D eigenvalue weighted by Gasteiger charge is -1.75. The van der Waals surface area contributed by atoms with Gasteiger partial charge in [-0.2, -0.15) is 12.6 Å². The molecule has 0 saturated carbocycles. The van der Waals surface area contributed by atoms with Crippen molar-refractivity contribution in [1.82, 2.24) is 5.32 Å². The Morgan fingerprint density at radius 3 is 2.00 bits per heavy atom. The number of hydrogen-bond acceptors (Lipinski definition) is 2. The Kier molecular flexibility index (Phi) is 21.5. The van der Waals surface area contributed by atoms with Gasteiger partial charge in [-0.15, -0.1) is 6.58 Å². The Labute approximate surface area is 57.6 Å². The number of nitrogens with one attached hydrogen (secondary N) is 1. The van der Waals surface area contributed by atoms with Gasteiger partial charge in [0.15, 0.2) is 0 Å². The summed E-state index contributed by atoms with van der Waals surface area (Å²) in [7, 11) is 1.85. The number of thiol groups is 1. The van der Waals surface area contributed by atoms with Crippen molar-refractivity contribution < 1.29 is 0 Å². The first-order valence-electron chi connectivity index (χ1n) is 2.69. The summed E-state index contributed by atoms with van der Waals surface area (Å²) in [5.74, 6) is 0.764. The second kappa shape index (κ2) is 15.7.